The van der Waals surface area contributed by atoms with Gasteiger partial charge in [-0.05, 0) is 77.4 Å². The third-order valence-electron chi connectivity index (χ3n) is 9.46. The third-order valence-corrected chi connectivity index (χ3v) is 9.46. The fourth-order valence-corrected chi connectivity index (χ4v) is 5.99. The van der Waals surface area contributed by atoms with Crippen molar-refractivity contribution in [3.05, 3.63) is 128 Å². The lowest BCUT2D eigenvalue weighted by atomic mass is 9.73. The van der Waals surface area contributed by atoms with Gasteiger partial charge in [0, 0.05) is 28.9 Å². The number of methoxy groups -OCH3 is 1. The number of phenolic OH excluding ortho intramolecular Hbond substituents is 2. The fraction of sp³-hybridized carbons (Fsp3) is 0.359. The standard InChI is InChI=1S/C39H46O4/c1-24-19-32(21-27(23-43-10)35(24)41)38(6,7)30-15-11-28(12-16-30)37(4,5)29-13-17-31(18-14-29)39(8,9)33-20-25(2)36(42)34(22-33)26(3)40/h11-22,41-42H,23H2,1-10H3. The van der Waals surface area contributed by atoms with E-state index in [1.807, 2.05) is 32.0 Å². The van der Waals surface area contributed by atoms with Crippen LogP contribution in [0.3, 0.4) is 0 Å². The van der Waals surface area contributed by atoms with Crippen LogP contribution >= 0.6 is 0 Å². The van der Waals surface area contributed by atoms with Crippen LogP contribution in [0, 0.1) is 13.8 Å². The number of rotatable bonds is 9. The van der Waals surface area contributed by atoms with E-state index in [0.29, 0.717) is 23.5 Å². The first-order valence-corrected chi connectivity index (χ1v) is 14.9. The van der Waals surface area contributed by atoms with Crippen molar-refractivity contribution < 1.29 is 19.7 Å². The maximum Gasteiger partial charge on any atom is 0.163 e. The SMILES string of the molecule is COCc1cc(C(C)(C)c2ccc(C(C)(C)c3ccc(C(C)(C)c4cc(C)c(O)c(C(C)=O)c4)cc3)cc2)cc(C)c1O. The number of carbonyl (C=O) groups is 1. The zero-order chi connectivity index (χ0) is 31.9. The molecule has 0 aliphatic carbocycles. The van der Waals surface area contributed by atoms with Gasteiger partial charge in [-0.25, -0.2) is 0 Å². The molecular weight excluding hydrogens is 532 g/mol. The minimum absolute atomic E-state index is 0.0626. The summed E-state index contributed by atoms with van der Waals surface area (Å²) in [5.41, 5.74) is 8.80. The Morgan fingerprint density at radius 1 is 0.605 bits per heavy atom. The van der Waals surface area contributed by atoms with Gasteiger partial charge >= 0.3 is 0 Å². The summed E-state index contributed by atoms with van der Waals surface area (Å²) < 4.78 is 5.32. The lowest BCUT2D eigenvalue weighted by molar-refractivity contribution is 0.101. The Hall–Kier alpha value is -3.89. The third kappa shape index (κ3) is 5.99. The van der Waals surface area contributed by atoms with Gasteiger partial charge in [0.2, 0.25) is 0 Å². The van der Waals surface area contributed by atoms with Gasteiger partial charge in [0.15, 0.2) is 5.78 Å². The maximum atomic E-state index is 12.2. The van der Waals surface area contributed by atoms with Gasteiger partial charge < -0.3 is 14.9 Å². The van der Waals surface area contributed by atoms with Crippen molar-refractivity contribution in [3.8, 4) is 11.5 Å². The molecule has 0 spiro atoms. The number of aryl methyl sites for hydroxylation is 2. The second-order valence-corrected chi connectivity index (χ2v) is 13.5. The van der Waals surface area contributed by atoms with E-state index in [9.17, 15) is 15.0 Å². The number of hydrogen-bond acceptors (Lipinski definition) is 4. The van der Waals surface area contributed by atoms with E-state index in [-0.39, 0.29) is 27.8 Å². The monoisotopic (exact) mass is 578 g/mol. The summed E-state index contributed by atoms with van der Waals surface area (Å²) in [5.74, 6) is 0.221. The zero-order valence-corrected chi connectivity index (χ0v) is 27.3. The molecule has 4 heteroatoms. The molecule has 43 heavy (non-hydrogen) atoms. The number of carbonyl (C=O) groups excluding carboxylic acids is 1. The number of aromatic hydroxyl groups is 2. The van der Waals surface area contributed by atoms with Crippen LogP contribution in [-0.4, -0.2) is 23.1 Å². The number of benzene rings is 4. The van der Waals surface area contributed by atoms with Crippen molar-refractivity contribution in [1.82, 2.24) is 0 Å². The van der Waals surface area contributed by atoms with Crippen molar-refractivity contribution in [3.63, 3.8) is 0 Å². The van der Waals surface area contributed by atoms with Gasteiger partial charge in [-0.2, -0.15) is 0 Å². The summed E-state index contributed by atoms with van der Waals surface area (Å²) in [4.78, 5) is 12.2. The van der Waals surface area contributed by atoms with Crippen LogP contribution in [0.25, 0.3) is 0 Å². The second kappa shape index (κ2) is 11.7. The number of Topliss-reactive ketones (excluding diaryl/α,β-unsaturated/α-hetero) is 1. The van der Waals surface area contributed by atoms with Crippen molar-refractivity contribution in [1.29, 1.82) is 0 Å². The smallest absolute Gasteiger partial charge is 0.163 e. The van der Waals surface area contributed by atoms with E-state index >= 15 is 0 Å². The van der Waals surface area contributed by atoms with Gasteiger partial charge in [0.05, 0.1) is 12.2 Å². The van der Waals surface area contributed by atoms with Crippen LogP contribution in [0.5, 0.6) is 11.5 Å². The molecule has 0 fully saturated rings. The Morgan fingerprint density at radius 2 is 0.953 bits per heavy atom. The molecule has 0 aliphatic heterocycles. The predicted molar refractivity (Wildman–Crippen MR) is 176 cm³/mol. The molecule has 226 valence electrons. The molecule has 0 bridgehead atoms. The van der Waals surface area contributed by atoms with E-state index in [4.69, 9.17) is 4.74 Å². The minimum atomic E-state index is -0.353. The number of phenols is 2. The van der Waals surface area contributed by atoms with E-state index in [1.165, 1.54) is 23.6 Å². The molecule has 0 unspecified atom stereocenters. The molecule has 0 aromatic heterocycles. The first-order chi connectivity index (χ1) is 20.0. The quantitative estimate of drug-likeness (QED) is 0.195. The summed E-state index contributed by atoms with van der Waals surface area (Å²) in [5, 5.41) is 20.9. The van der Waals surface area contributed by atoms with Gasteiger partial charge in [0.25, 0.3) is 0 Å². The van der Waals surface area contributed by atoms with Crippen molar-refractivity contribution in [2.24, 2.45) is 0 Å². The number of hydrogen-bond donors (Lipinski definition) is 2. The lowest BCUT2D eigenvalue weighted by Gasteiger charge is -2.31. The molecule has 2 N–H and O–H groups in total. The Labute approximate surface area is 257 Å². The molecule has 0 atom stereocenters. The number of ketones is 1. The van der Waals surface area contributed by atoms with E-state index in [1.54, 1.807) is 7.11 Å². The summed E-state index contributed by atoms with van der Waals surface area (Å²) in [6.45, 7) is 18.8. The van der Waals surface area contributed by atoms with Crippen LogP contribution < -0.4 is 0 Å². The van der Waals surface area contributed by atoms with E-state index in [0.717, 1.165) is 27.8 Å². The molecule has 0 saturated carbocycles. The Bertz CT molecular complexity index is 1640. The predicted octanol–water partition coefficient (Wildman–Crippen LogP) is 9.04. The van der Waals surface area contributed by atoms with Gasteiger partial charge in [-0.1, -0.05) is 102 Å². The van der Waals surface area contributed by atoms with Crippen LogP contribution in [0.15, 0.2) is 72.8 Å². The maximum absolute atomic E-state index is 12.2. The molecular formula is C39H46O4. The molecule has 0 radical (unpaired) electrons. The molecule has 0 heterocycles. The Morgan fingerprint density at radius 3 is 1.33 bits per heavy atom. The van der Waals surface area contributed by atoms with Gasteiger partial charge in [-0.3, -0.25) is 4.79 Å². The highest BCUT2D eigenvalue weighted by molar-refractivity contribution is 5.97. The van der Waals surface area contributed by atoms with Crippen LogP contribution in [-0.2, 0) is 27.6 Å². The fourth-order valence-electron chi connectivity index (χ4n) is 5.99. The normalized spacial score (nSPS) is 12.4. The topological polar surface area (TPSA) is 66.8 Å². The lowest BCUT2D eigenvalue weighted by Crippen LogP contribution is -2.23. The van der Waals surface area contributed by atoms with Crippen molar-refractivity contribution >= 4 is 5.78 Å². The largest absolute Gasteiger partial charge is 0.507 e. The van der Waals surface area contributed by atoms with Gasteiger partial charge in [0.1, 0.15) is 11.5 Å². The molecule has 0 saturated heterocycles. The van der Waals surface area contributed by atoms with Crippen molar-refractivity contribution in [2.75, 3.05) is 7.11 Å². The minimum Gasteiger partial charge on any atom is -0.507 e. The van der Waals surface area contributed by atoms with E-state index in [2.05, 4.69) is 96.1 Å². The summed E-state index contributed by atoms with van der Waals surface area (Å²) in [6, 6.07) is 25.5. The molecule has 0 aliphatic rings. The summed E-state index contributed by atoms with van der Waals surface area (Å²) in [6.07, 6.45) is 0. The molecule has 4 nitrogen and oxygen atoms in total. The average Bonchev–Trinajstić information content (AvgIpc) is 2.96. The molecule has 4 aromatic rings. The highest BCUT2D eigenvalue weighted by Crippen LogP contribution is 2.40. The van der Waals surface area contributed by atoms with Crippen molar-refractivity contribution in [2.45, 2.75) is 85.2 Å². The summed E-state index contributed by atoms with van der Waals surface area (Å²) in [7, 11) is 1.64. The molecule has 4 rings (SSSR count). The van der Waals surface area contributed by atoms with Crippen LogP contribution in [0.4, 0.5) is 0 Å². The molecule has 4 aromatic carbocycles. The Balaban J connectivity index is 1.62. The molecule has 0 amide bonds. The average molecular weight is 579 g/mol. The van der Waals surface area contributed by atoms with Gasteiger partial charge in [-0.15, -0.1) is 0 Å². The highest BCUT2D eigenvalue weighted by atomic mass is 16.5. The first-order valence-electron chi connectivity index (χ1n) is 14.9. The zero-order valence-electron chi connectivity index (χ0n) is 27.3. The van der Waals surface area contributed by atoms with Crippen LogP contribution in [0.1, 0.15) is 109 Å². The second-order valence-electron chi connectivity index (χ2n) is 13.5. The van der Waals surface area contributed by atoms with Crippen LogP contribution in [0.2, 0.25) is 0 Å². The highest BCUT2D eigenvalue weighted by Gasteiger charge is 2.30. The number of ether oxygens (including phenoxy) is 1. The Kier molecular flexibility index (Phi) is 8.68. The summed E-state index contributed by atoms with van der Waals surface area (Å²) >= 11 is 0. The first kappa shape index (κ1) is 32.0. The van der Waals surface area contributed by atoms with E-state index < -0.39 is 0 Å².